The molecule has 0 saturated heterocycles. The second-order valence-corrected chi connectivity index (χ2v) is 5.72. The predicted octanol–water partition coefficient (Wildman–Crippen LogP) is 4.02. The maximum absolute atomic E-state index is 11.9. The Balaban J connectivity index is 1.52. The number of ether oxygens (including phenoxy) is 1. The molecule has 5 heteroatoms. The van der Waals surface area contributed by atoms with Crippen LogP contribution in [0.2, 0.25) is 0 Å². The standard InChI is InChI=1S/C21H19N3O2/c1-16-5-11-20(23-14-16)24-21(25)12-8-17-6-9-19(10-7-17)26-15-18-4-2-3-13-22-18/h2-14H,15H2,1H3,(H,23,24,25)/b12-8+. The van der Waals surface area contributed by atoms with Gasteiger partial charge in [0.2, 0.25) is 5.91 Å². The quantitative estimate of drug-likeness (QED) is 0.686. The lowest BCUT2D eigenvalue weighted by atomic mass is 10.2. The Bertz CT molecular complexity index is 873. The number of aryl methyl sites for hydroxylation is 1. The number of benzene rings is 1. The Morgan fingerprint density at radius 2 is 1.92 bits per heavy atom. The van der Waals surface area contributed by atoms with Crippen LogP contribution in [0.3, 0.4) is 0 Å². The van der Waals surface area contributed by atoms with Crippen LogP contribution in [0, 0.1) is 6.92 Å². The second kappa shape index (κ2) is 8.58. The average Bonchev–Trinajstić information content (AvgIpc) is 2.68. The molecule has 3 aromatic rings. The van der Waals surface area contributed by atoms with Crippen LogP contribution in [0.5, 0.6) is 5.75 Å². The van der Waals surface area contributed by atoms with Crippen LogP contribution in [0.4, 0.5) is 5.82 Å². The van der Waals surface area contributed by atoms with Gasteiger partial charge in [0.15, 0.2) is 0 Å². The molecule has 2 heterocycles. The van der Waals surface area contributed by atoms with Gasteiger partial charge in [-0.15, -0.1) is 0 Å². The first kappa shape index (κ1) is 17.4. The van der Waals surface area contributed by atoms with Crippen molar-refractivity contribution < 1.29 is 9.53 Å². The first-order valence-electron chi connectivity index (χ1n) is 8.23. The molecule has 1 amide bonds. The lowest BCUT2D eigenvalue weighted by Crippen LogP contribution is -2.08. The molecule has 5 nitrogen and oxygen atoms in total. The van der Waals surface area contributed by atoms with Crippen LogP contribution in [0.1, 0.15) is 16.8 Å². The third kappa shape index (κ3) is 5.27. The number of pyridine rings is 2. The zero-order valence-corrected chi connectivity index (χ0v) is 14.4. The van der Waals surface area contributed by atoms with E-state index in [-0.39, 0.29) is 5.91 Å². The summed E-state index contributed by atoms with van der Waals surface area (Å²) in [4.78, 5) is 20.3. The van der Waals surface area contributed by atoms with Crippen molar-refractivity contribution in [3.8, 4) is 5.75 Å². The highest BCUT2D eigenvalue weighted by atomic mass is 16.5. The Morgan fingerprint density at radius 3 is 2.62 bits per heavy atom. The Labute approximate surface area is 152 Å². The van der Waals surface area contributed by atoms with Gasteiger partial charge in [-0.05, 0) is 54.5 Å². The Hall–Kier alpha value is -3.47. The number of amides is 1. The van der Waals surface area contributed by atoms with E-state index in [0.29, 0.717) is 12.4 Å². The van der Waals surface area contributed by atoms with Crippen molar-refractivity contribution in [3.05, 3.63) is 89.9 Å². The summed E-state index contributed by atoms with van der Waals surface area (Å²) in [7, 11) is 0. The van der Waals surface area contributed by atoms with E-state index in [1.165, 1.54) is 6.08 Å². The van der Waals surface area contributed by atoms with E-state index in [1.807, 2.05) is 55.5 Å². The van der Waals surface area contributed by atoms with E-state index in [4.69, 9.17) is 4.74 Å². The van der Waals surface area contributed by atoms with Crippen molar-refractivity contribution in [2.75, 3.05) is 5.32 Å². The highest BCUT2D eigenvalue weighted by molar-refractivity contribution is 6.01. The van der Waals surface area contributed by atoms with Crippen LogP contribution >= 0.6 is 0 Å². The number of anilines is 1. The van der Waals surface area contributed by atoms with E-state index >= 15 is 0 Å². The smallest absolute Gasteiger partial charge is 0.249 e. The van der Waals surface area contributed by atoms with Gasteiger partial charge >= 0.3 is 0 Å². The summed E-state index contributed by atoms with van der Waals surface area (Å²) < 4.78 is 5.69. The zero-order chi connectivity index (χ0) is 18.2. The van der Waals surface area contributed by atoms with Crippen molar-refractivity contribution in [3.63, 3.8) is 0 Å². The molecule has 2 aromatic heterocycles. The summed E-state index contributed by atoms with van der Waals surface area (Å²) in [6.45, 7) is 2.37. The molecule has 130 valence electrons. The fourth-order valence-electron chi connectivity index (χ4n) is 2.20. The number of nitrogens with one attached hydrogen (secondary N) is 1. The van der Waals surface area contributed by atoms with Gasteiger partial charge in [0.25, 0.3) is 0 Å². The summed E-state index contributed by atoms with van der Waals surface area (Å²) in [5, 5.41) is 2.72. The number of nitrogens with zero attached hydrogens (tertiary/aromatic N) is 2. The third-order valence-corrected chi connectivity index (χ3v) is 3.58. The fraction of sp³-hybridized carbons (Fsp3) is 0.0952. The van der Waals surface area contributed by atoms with Gasteiger partial charge < -0.3 is 10.1 Å². The van der Waals surface area contributed by atoms with Crippen LogP contribution in [-0.2, 0) is 11.4 Å². The zero-order valence-electron chi connectivity index (χ0n) is 14.4. The van der Waals surface area contributed by atoms with Crippen molar-refractivity contribution in [2.24, 2.45) is 0 Å². The van der Waals surface area contributed by atoms with Crippen molar-refractivity contribution in [1.82, 2.24) is 9.97 Å². The lowest BCUT2D eigenvalue weighted by molar-refractivity contribution is -0.111. The molecule has 0 unspecified atom stereocenters. The topological polar surface area (TPSA) is 64.1 Å². The fourth-order valence-corrected chi connectivity index (χ4v) is 2.20. The van der Waals surface area contributed by atoms with Gasteiger partial charge in [0.1, 0.15) is 18.2 Å². The van der Waals surface area contributed by atoms with Crippen LogP contribution < -0.4 is 10.1 Å². The maximum atomic E-state index is 11.9. The predicted molar refractivity (Wildman–Crippen MR) is 102 cm³/mol. The van der Waals surface area contributed by atoms with Crippen molar-refractivity contribution >= 4 is 17.8 Å². The summed E-state index contributed by atoms with van der Waals surface area (Å²) in [5.74, 6) is 1.06. The van der Waals surface area contributed by atoms with Crippen molar-refractivity contribution in [2.45, 2.75) is 13.5 Å². The molecular weight excluding hydrogens is 326 g/mol. The second-order valence-electron chi connectivity index (χ2n) is 5.72. The minimum atomic E-state index is -0.225. The molecule has 0 fully saturated rings. The molecular formula is C21H19N3O2. The number of hydrogen-bond donors (Lipinski definition) is 1. The Morgan fingerprint density at radius 1 is 1.08 bits per heavy atom. The molecule has 1 N–H and O–H groups in total. The SMILES string of the molecule is Cc1ccc(NC(=O)/C=C/c2ccc(OCc3ccccn3)cc2)nc1. The molecule has 0 aliphatic rings. The van der Waals surface area contributed by atoms with Gasteiger partial charge in [-0.1, -0.05) is 24.3 Å². The van der Waals surface area contributed by atoms with Crippen LogP contribution in [0.15, 0.2) is 73.1 Å². The lowest BCUT2D eigenvalue weighted by Gasteiger charge is -2.05. The van der Waals surface area contributed by atoms with Crippen molar-refractivity contribution in [1.29, 1.82) is 0 Å². The van der Waals surface area contributed by atoms with Gasteiger partial charge in [-0.3, -0.25) is 9.78 Å². The normalized spacial score (nSPS) is 10.7. The molecule has 3 rings (SSSR count). The molecule has 26 heavy (non-hydrogen) atoms. The summed E-state index contributed by atoms with van der Waals surface area (Å²) in [5.41, 5.74) is 2.82. The summed E-state index contributed by atoms with van der Waals surface area (Å²) in [6, 6.07) is 16.9. The minimum absolute atomic E-state index is 0.225. The number of carbonyl (C=O) groups is 1. The third-order valence-electron chi connectivity index (χ3n) is 3.58. The first-order valence-corrected chi connectivity index (χ1v) is 8.23. The minimum Gasteiger partial charge on any atom is -0.487 e. The van der Waals surface area contributed by atoms with E-state index in [1.54, 1.807) is 24.5 Å². The largest absolute Gasteiger partial charge is 0.487 e. The average molecular weight is 345 g/mol. The van der Waals surface area contributed by atoms with Crippen LogP contribution in [0.25, 0.3) is 6.08 Å². The molecule has 0 spiro atoms. The van der Waals surface area contributed by atoms with E-state index in [9.17, 15) is 4.79 Å². The van der Waals surface area contributed by atoms with Gasteiger partial charge in [0.05, 0.1) is 5.69 Å². The molecule has 0 aliphatic carbocycles. The highest BCUT2D eigenvalue weighted by Gasteiger charge is 2.00. The molecule has 0 bridgehead atoms. The highest BCUT2D eigenvalue weighted by Crippen LogP contribution is 2.14. The van der Waals surface area contributed by atoms with E-state index in [0.717, 1.165) is 22.6 Å². The number of aromatic nitrogens is 2. The van der Waals surface area contributed by atoms with E-state index < -0.39 is 0 Å². The number of carbonyl (C=O) groups excluding carboxylic acids is 1. The first-order chi connectivity index (χ1) is 12.7. The Kier molecular flexibility index (Phi) is 5.72. The molecule has 1 aromatic carbocycles. The molecule has 0 saturated carbocycles. The summed E-state index contributed by atoms with van der Waals surface area (Å²) in [6.07, 6.45) is 6.67. The maximum Gasteiger partial charge on any atom is 0.249 e. The van der Waals surface area contributed by atoms with Gasteiger partial charge in [0, 0.05) is 18.5 Å². The molecule has 0 aliphatic heterocycles. The van der Waals surface area contributed by atoms with Gasteiger partial charge in [-0.25, -0.2) is 4.98 Å². The molecule has 0 radical (unpaired) electrons. The molecule has 0 atom stereocenters. The summed E-state index contributed by atoms with van der Waals surface area (Å²) >= 11 is 0. The monoisotopic (exact) mass is 345 g/mol. The van der Waals surface area contributed by atoms with E-state index in [2.05, 4.69) is 15.3 Å². The number of rotatable bonds is 6. The number of hydrogen-bond acceptors (Lipinski definition) is 4. The van der Waals surface area contributed by atoms with Gasteiger partial charge in [-0.2, -0.15) is 0 Å². The van der Waals surface area contributed by atoms with Crippen LogP contribution in [-0.4, -0.2) is 15.9 Å².